The summed E-state index contributed by atoms with van der Waals surface area (Å²) >= 11 is 2.04. The topological polar surface area (TPSA) is 72.0 Å². The highest BCUT2D eigenvalue weighted by Gasteiger charge is 1.82. The van der Waals surface area contributed by atoms with Crippen molar-refractivity contribution in [3.05, 3.63) is 0 Å². The third-order valence-corrected chi connectivity index (χ3v) is 0.398. The van der Waals surface area contributed by atoms with Crippen LogP contribution in [0.25, 0.3) is 0 Å². The maximum Gasteiger partial charge on any atom is 0.174 e. The molecule has 0 aliphatic carbocycles. The normalized spacial score (nSPS) is 12.3. The monoisotopic (exact) mass is 106 g/mol. The fourth-order valence-corrected chi connectivity index (χ4v) is 0. The zero-order chi connectivity index (χ0) is 4.28. The van der Waals surface area contributed by atoms with Crippen LogP contribution >= 0.6 is 0 Å². The van der Waals surface area contributed by atoms with Crippen LogP contribution in [0, 0.1) is 0 Å². The standard InChI is InChI=1S/C2H5O2.Al.H2O/c3-1-2-4;;/h1,3-4H,2H2;;1H2. The molecule has 0 aromatic rings. The first-order chi connectivity index (χ1) is 2.27. The van der Waals surface area contributed by atoms with Crippen molar-refractivity contribution in [1.82, 2.24) is 0 Å². The predicted molar refractivity (Wildman–Crippen MR) is 22.5 cm³/mol. The molecule has 0 heterocycles. The number of aliphatic hydroxyl groups is 2. The Labute approximate surface area is 44.3 Å². The number of hydrogen-bond acceptors (Lipinski definition) is 2. The van der Waals surface area contributed by atoms with E-state index in [0.717, 1.165) is 0 Å². The molecule has 4 heteroatoms. The summed E-state index contributed by atoms with van der Waals surface area (Å²) in [7, 11) is 0. The van der Waals surface area contributed by atoms with Crippen molar-refractivity contribution < 1.29 is 15.7 Å². The summed E-state index contributed by atoms with van der Waals surface area (Å²) in [5, 5.41) is 15.9. The molecule has 0 spiro atoms. The van der Waals surface area contributed by atoms with Gasteiger partial charge in [-0.05, 0) is 4.97 Å². The first-order valence-corrected chi connectivity index (χ1v) is 1.98. The fraction of sp³-hybridized carbons (Fsp3) is 1.00. The van der Waals surface area contributed by atoms with Crippen LogP contribution in [0.15, 0.2) is 0 Å². The third kappa shape index (κ3) is 8.83. The average Bonchev–Trinajstić information content (AvgIpc) is 1.38. The Kier molecular flexibility index (Phi) is 8.70. The van der Waals surface area contributed by atoms with Crippen molar-refractivity contribution in [2.24, 2.45) is 0 Å². The van der Waals surface area contributed by atoms with Crippen LogP contribution in [0.2, 0.25) is 0 Å². The molecular weight excluding hydrogens is 99.0 g/mol. The maximum atomic E-state index is 8.07. The molecule has 0 aromatic carbocycles. The fourth-order valence-electron chi connectivity index (χ4n) is 0. The van der Waals surface area contributed by atoms with Crippen LogP contribution in [-0.4, -0.2) is 43.6 Å². The van der Waals surface area contributed by atoms with E-state index < -0.39 is 4.97 Å². The second-order valence-corrected chi connectivity index (χ2v) is 1.52. The Hall–Kier alpha value is 0.412. The van der Waals surface area contributed by atoms with E-state index in [1.165, 1.54) is 0 Å². The molecule has 0 bridgehead atoms. The van der Waals surface area contributed by atoms with Crippen LogP contribution < -0.4 is 0 Å². The number of hydrogen-bond donors (Lipinski definition) is 2. The number of aliphatic hydroxyl groups excluding tert-OH is 2. The molecule has 6 heavy (non-hydrogen) atoms. The molecule has 0 aliphatic rings. The van der Waals surface area contributed by atoms with E-state index in [1.807, 2.05) is 16.3 Å². The van der Waals surface area contributed by atoms with Gasteiger partial charge in [-0.25, -0.2) is 0 Å². The summed E-state index contributed by atoms with van der Waals surface area (Å²) < 4.78 is 0. The van der Waals surface area contributed by atoms with Gasteiger partial charge >= 0.3 is 0 Å². The molecule has 36 valence electrons. The van der Waals surface area contributed by atoms with Crippen molar-refractivity contribution in [2.75, 3.05) is 6.61 Å². The SMILES string of the molecule is O.OC[CH](O)[Al]. The minimum atomic E-state index is -0.644. The quantitative estimate of drug-likeness (QED) is 0.367. The zero-order valence-electron chi connectivity index (χ0n) is 3.26. The molecule has 3 nitrogen and oxygen atoms in total. The highest BCUT2D eigenvalue weighted by molar-refractivity contribution is 6.10. The van der Waals surface area contributed by atoms with Gasteiger partial charge in [0, 0.05) is 0 Å². The van der Waals surface area contributed by atoms with E-state index >= 15 is 0 Å². The minimum absolute atomic E-state index is 0. The lowest BCUT2D eigenvalue weighted by Crippen LogP contribution is -2.09. The molecule has 0 saturated heterocycles. The summed E-state index contributed by atoms with van der Waals surface area (Å²) in [6.45, 7) is -0.176. The first-order valence-electron chi connectivity index (χ1n) is 1.32. The summed E-state index contributed by atoms with van der Waals surface area (Å²) in [6, 6.07) is 0. The zero-order valence-corrected chi connectivity index (χ0v) is 4.41. The van der Waals surface area contributed by atoms with Gasteiger partial charge in [0.25, 0.3) is 0 Å². The molecule has 1 unspecified atom stereocenters. The highest BCUT2D eigenvalue weighted by Crippen LogP contribution is 1.61. The second-order valence-electron chi connectivity index (χ2n) is 0.750. The van der Waals surface area contributed by atoms with Crippen molar-refractivity contribution in [3.8, 4) is 0 Å². The smallest absolute Gasteiger partial charge is 0.174 e. The second kappa shape index (κ2) is 5.41. The molecule has 0 amide bonds. The largest absolute Gasteiger partial charge is 0.412 e. The van der Waals surface area contributed by atoms with Gasteiger partial charge in [-0.3, -0.25) is 0 Å². The summed E-state index contributed by atoms with van der Waals surface area (Å²) in [4.78, 5) is -0.644. The van der Waals surface area contributed by atoms with Gasteiger partial charge in [-0.15, -0.1) is 0 Å². The molecular formula is C2H7AlO3. The summed E-state index contributed by atoms with van der Waals surface area (Å²) in [6.07, 6.45) is 0. The Morgan fingerprint density at radius 1 is 1.67 bits per heavy atom. The van der Waals surface area contributed by atoms with E-state index in [9.17, 15) is 0 Å². The Morgan fingerprint density at radius 3 is 1.83 bits per heavy atom. The minimum Gasteiger partial charge on any atom is -0.412 e. The van der Waals surface area contributed by atoms with Crippen LogP contribution in [0.5, 0.6) is 0 Å². The van der Waals surface area contributed by atoms with Crippen molar-refractivity contribution in [3.63, 3.8) is 0 Å². The molecule has 2 radical (unpaired) electrons. The van der Waals surface area contributed by atoms with E-state index in [4.69, 9.17) is 10.2 Å². The third-order valence-electron chi connectivity index (χ3n) is 0.187. The van der Waals surface area contributed by atoms with Crippen LogP contribution in [0.4, 0.5) is 0 Å². The van der Waals surface area contributed by atoms with Gasteiger partial charge in [-0.1, -0.05) is 0 Å². The van der Waals surface area contributed by atoms with Gasteiger partial charge in [0.2, 0.25) is 0 Å². The van der Waals surface area contributed by atoms with Gasteiger partial charge < -0.3 is 15.7 Å². The highest BCUT2D eigenvalue weighted by atomic mass is 27.0. The Balaban J connectivity index is 0. The van der Waals surface area contributed by atoms with Crippen molar-refractivity contribution in [1.29, 1.82) is 0 Å². The van der Waals surface area contributed by atoms with Gasteiger partial charge in [0.05, 0.1) is 6.61 Å². The molecule has 0 rings (SSSR count). The van der Waals surface area contributed by atoms with Gasteiger partial charge in [0.15, 0.2) is 16.3 Å². The van der Waals surface area contributed by atoms with Gasteiger partial charge in [0.1, 0.15) is 0 Å². The average molecular weight is 106 g/mol. The first kappa shape index (κ1) is 9.65. The molecule has 1 atom stereocenters. The molecule has 0 aromatic heterocycles. The number of rotatable bonds is 1. The van der Waals surface area contributed by atoms with Crippen molar-refractivity contribution >= 4 is 16.3 Å². The summed E-state index contributed by atoms with van der Waals surface area (Å²) in [5.41, 5.74) is 0. The maximum absolute atomic E-state index is 8.07. The lowest BCUT2D eigenvalue weighted by Gasteiger charge is -1.91. The van der Waals surface area contributed by atoms with Crippen molar-refractivity contribution in [2.45, 2.75) is 4.97 Å². The molecule has 4 N–H and O–H groups in total. The predicted octanol–water partition coefficient (Wildman–Crippen LogP) is -2.36. The van der Waals surface area contributed by atoms with Gasteiger partial charge in [-0.2, -0.15) is 0 Å². The Morgan fingerprint density at radius 2 is 1.83 bits per heavy atom. The lowest BCUT2D eigenvalue weighted by atomic mass is 10.8. The van der Waals surface area contributed by atoms with Crippen LogP contribution in [0.3, 0.4) is 0 Å². The molecule has 0 aliphatic heterocycles. The Bertz CT molecular complexity index is 22.8. The van der Waals surface area contributed by atoms with E-state index in [1.54, 1.807) is 0 Å². The van der Waals surface area contributed by atoms with E-state index in [2.05, 4.69) is 0 Å². The van der Waals surface area contributed by atoms with E-state index in [-0.39, 0.29) is 12.1 Å². The summed E-state index contributed by atoms with van der Waals surface area (Å²) in [5.74, 6) is 0. The van der Waals surface area contributed by atoms with Crippen LogP contribution in [0.1, 0.15) is 0 Å². The lowest BCUT2D eigenvalue weighted by molar-refractivity contribution is 0.155. The van der Waals surface area contributed by atoms with Crippen LogP contribution in [-0.2, 0) is 0 Å². The van der Waals surface area contributed by atoms with E-state index in [0.29, 0.717) is 0 Å². The molecule has 0 saturated carbocycles. The molecule has 0 fully saturated rings.